The first-order valence-electron chi connectivity index (χ1n) is 5.58. The smallest absolute Gasteiger partial charge is 0.119 e. The van der Waals surface area contributed by atoms with Crippen molar-refractivity contribution in [3.8, 4) is 5.75 Å². The Balaban J connectivity index is 1.96. The van der Waals surface area contributed by atoms with Gasteiger partial charge in [-0.15, -0.1) is 0 Å². The SMILES string of the molecule is CCCOc1ccc(N2CCNC2)cc1. The summed E-state index contributed by atoms with van der Waals surface area (Å²) in [6.07, 6.45) is 1.05. The van der Waals surface area contributed by atoms with Crippen molar-refractivity contribution >= 4 is 5.69 Å². The predicted molar refractivity (Wildman–Crippen MR) is 62.4 cm³/mol. The zero-order valence-corrected chi connectivity index (χ0v) is 9.20. The molecule has 1 aromatic carbocycles. The Bertz CT molecular complexity index is 291. The highest BCUT2D eigenvalue weighted by atomic mass is 16.5. The summed E-state index contributed by atoms with van der Waals surface area (Å²) in [6.45, 7) is 6.04. The summed E-state index contributed by atoms with van der Waals surface area (Å²) in [5.41, 5.74) is 1.27. The minimum absolute atomic E-state index is 0.796. The molecule has 0 saturated carbocycles. The lowest BCUT2D eigenvalue weighted by Gasteiger charge is -2.16. The molecule has 1 aliphatic rings. The molecule has 1 aliphatic heterocycles. The normalized spacial score (nSPS) is 15.7. The van der Waals surface area contributed by atoms with Crippen LogP contribution in [0.15, 0.2) is 24.3 Å². The molecule has 2 rings (SSSR count). The van der Waals surface area contributed by atoms with Crippen molar-refractivity contribution in [2.24, 2.45) is 0 Å². The molecular weight excluding hydrogens is 188 g/mol. The van der Waals surface area contributed by atoms with E-state index in [1.807, 2.05) is 12.1 Å². The van der Waals surface area contributed by atoms with Crippen molar-refractivity contribution < 1.29 is 4.74 Å². The van der Waals surface area contributed by atoms with E-state index in [0.29, 0.717) is 0 Å². The number of hydrogen-bond donors (Lipinski definition) is 1. The van der Waals surface area contributed by atoms with Gasteiger partial charge in [-0.05, 0) is 30.7 Å². The molecule has 0 spiro atoms. The third-order valence-corrected chi connectivity index (χ3v) is 2.54. The van der Waals surface area contributed by atoms with Gasteiger partial charge in [-0.1, -0.05) is 6.92 Å². The van der Waals surface area contributed by atoms with E-state index in [0.717, 1.165) is 38.5 Å². The number of nitrogens with zero attached hydrogens (tertiary/aromatic N) is 1. The topological polar surface area (TPSA) is 24.5 Å². The molecule has 1 saturated heterocycles. The number of hydrogen-bond acceptors (Lipinski definition) is 3. The van der Waals surface area contributed by atoms with E-state index in [1.54, 1.807) is 0 Å². The van der Waals surface area contributed by atoms with Gasteiger partial charge in [0.05, 0.1) is 13.3 Å². The fourth-order valence-corrected chi connectivity index (χ4v) is 1.70. The first-order chi connectivity index (χ1) is 7.40. The Morgan fingerprint density at radius 3 is 2.73 bits per heavy atom. The maximum absolute atomic E-state index is 5.54. The van der Waals surface area contributed by atoms with Gasteiger partial charge in [0, 0.05) is 18.8 Å². The second-order valence-corrected chi connectivity index (χ2v) is 3.76. The van der Waals surface area contributed by atoms with Crippen LogP contribution in [0.3, 0.4) is 0 Å². The average Bonchev–Trinajstić information content (AvgIpc) is 2.80. The van der Waals surface area contributed by atoms with E-state index in [1.165, 1.54) is 5.69 Å². The summed E-state index contributed by atoms with van der Waals surface area (Å²) >= 11 is 0. The fourth-order valence-electron chi connectivity index (χ4n) is 1.70. The number of nitrogens with one attached hydrogen (secondary N) is 1. The Hall–Kier alpha value is -1.22. The molecule has 0 amide bonds. The van der Waals surface area contributed by atoms with Gasteiger partial charge in [-0.2, -0.15) is 0 Å². The molecule has 0 aliphatic carbocycles. The highest BCUT2D eigenvalue weighted by Gasteiger charge is 2.10. The number of ether oxygens (including phenoxy) is 1. The van der Waals surface area contributed by atoms with Crippen molar-refractivity contribution in [3.63, 3.8) is 0 Å². The monoisotopic (exact) mass is 206 g/mol. The lowest BCUT2D eigenvalue weighted by Crippen LogP contribution is -2.20. The molecular formula is C12H18N2O. The maximum atomic E-state index is 5.54. The lowest BCUT2D eigenvalue weighted by molar-refractivity contribution is 0.317. The van der Waals surface area contributed by atoms with Gasteiger partial charge in [-0.25, -0.2) is 0 Å². The van der Waals surface area contributed by atoms with Crippen LogP contribution in [-0.4, -0.2) is 26.4 Å². The zero-order chi connectivity index (χ0) is 10.5. The van der Waals surface area contributed by atoms with Crippen molar-refractivity contribution in [1.82, 2.24) is 5.32 Å². The molecule has 15 heavy (non-hydrogen) atoms. The molecule has 0 atom stereocenters. The van der Waals surface area contributed by atoms with Crippen molar-refractivity contribution in [1.29, 1.82) is 0 Å². The van der Waals surface area contributed by atoms with Gasteiger partial charge in [0.25, 0.3) is 0 Å². The molecule has 1 heterocycles. The maximum Gasteiger partial charge on any atom is 0.119 e. The van der Waals surface area contributed by atoms with Crippen LogP contribution in [0.25, 0.3) is 0 Å². The van der Waals surface area contributed by atoms with Crippen LogP contribution in [0.2, 0.25) is 0 Å². The van der Waals surface area contributed by atoms with Crippen molar-refractivity contribution in [2.45, 2.75) is 13.3 Å². The molecule has 0 radical (unpaired) electrons. The summed E-state index contributed by atoms with van der Waals surface area (Å²) in [5, 5.41) is 3.31. The summed E-state index contributed by atoms with van der Waals surface area (Å²) in [5.74, 6) is 0.966. The summed E-state index contributed by atoms with van der Waals surface area (Å²) in [6, 6.07) is 8.34. The van der Waals surface area contributed by atoms with Gasteiger partial charge in [0.2, 0.25) is 0 Å². The molecule has 3 nitrogen and oxygen atoms in total. The minimum Gasteiger partial charge on any atom is -0.494 e. The van der Waals surface area contributed by atoms with E-state index < -0.39 is 0 Å². The predicted octanol–water partition coefficient (Wildman–Crippen LogP) is 1.84. The highest BCUT2D eigenvalue weighted by Crippen LogP contribution is 2.19. The molecule has 0 unspecified atom stereocenters. The van der Waals surface area contributed by atoms with E-state index in [4.69, 9.17) is 4.74 Å². The number of rotatable bonds is 4. The largest absolute Gasteiger partial charge is 0.494 e. The first kappa shape index (κ1) is 10.3. The Morgan fingerprint density at radius 2 is 2.13 bits per heavy atom. The summed E-state index contributed by atoms with van der Waals surface area (Å²) in [7, 11) is 0. The Kier molecular flexibility index (Phi) is 3.45. The quantitative estimate of drug-likeness (QED) is 0.813. The minimum atomic E-state index is 0.796. The van der Waals surface area contributed by atoms with Crippen LogP contribution in [0, 0.1) is 0 Å². The van der Waals surface area contributed by atoms with Crippen LogP contribution in [0.5, 0.6) is 5.75 Å². The van der Waals surface area contributed by atoms with E-state index in [2.05, 4.69) is 29.3 Å². The van der Waals surface area contributed by atoms with Crippen LogP contribution in [-0.2, 0) is 0 Å². The van der Waals surface area contributed by atoms with Gasteiger partial charge in [0.1, 0.15) is 5.75 Å². The lowest BCUT2D eigenvalue weighted by atomic mass is 10.3. The van der Waals surface area contributed by atoms with E-state index in [9.17, 15) is 0 Å². The molecule has 3 heteroatoms. The van der Waals surface area contributed by atoms with Gasteiger partial charge in [0.15, 0.2) is 0 Å². The summed E-state index contributed by atoms with van der Waals surface area (Å²) in [4.78, 5) is 2.32. The first-order valence-corrected chi connectivity index (χ1v) is 5.58. The standard InChI is InChI=1S/C12H18N2O/c1-2-9-15-12-5-3-11(4-6-12)14-8-7-13-10-14/h3-6,13H,2,7-10H2,1H3. The molecule has 1 aromatic rings. The van der Waals surface area contributed by atoms with Crippen LogP contribution < -0.4 is 15.0 Å². The van der Waals surface area contributed by atoms with Crippen LogP contribution in [0.4, 0.5) is 5.69 Å². The van der Waals surface area contributed by atoms with Crippen LogP contribution in [0.1, 0.15) is 13.3 Å². The van der Waals surface area contributed by atoms with E-state index >= 15 is 0 Å². The highest BCUT2D eigenvalue weighted by molar-refractivity contribution is 5.49. The fraction of sp³-hybridized carbons (Fsp3) is 0.500. The molecule has 0 aromatic heterocycles. The third kappa shape index (κ3) is 2.63. The second-order valence-electron chi connectivity index (χ2n) is 3.76. The van der Waals surface area contributed by atoms with Crippen molar-refractivity contribution in [3.05, 3.63) is 24.3 Å². The molecule has 0 bridgehead atoms. The molecule has 1 N–H and O–H groups in total. The van der Waals surface area contributed by atoms with Gasteiger partial charge in [-0.3, -0.25) is 5.32 Å². The summed E-state index contributed by atoms with van der Waals surface area (Å²) < 4.78 is 5.54. The van der Waals surface area contributed by atoms with Crippen LogP contribution >= 0.6 is 0 Å². The average molecular weight is 206 g/mol. The third-order valence-electron chi connectivity index (χ3n) is 2.54. The Labute approximate surface area is 91.0 Å². The van der Waals surface area contributed by atoms with Gasteiger partial charge >= 0.3 is 0 Å². The Morgan fingerprint density at radius 1 is 1.33 bits per heavy atom. The zero-order valence-electron chi connectivity index (χ0n) is 9.20. The molecule has 1 fully saturated rings. The molecule has 82 valence electrons. The van der Waals surface area contributed by atoms with E-state index in [-0.39, 0.29) is 0 Å². The number of anilines is 1. The van der Waals surface area contributed by atoms with Gasteiger partial charge < -0.3 is 9.64 Å². The number of benzene rings is 1. The van der Waals surface area contributed by atoms with Crippen molar-refractivity contribution in [2.75, 3.05) is 31.3 Å². The second kappa shape index (κ2) is 5.03.